The van der Waals surface area contributed by atoms with Crippen LogP contribution in [0.3, 0.4) is 0 Å². The van der Waals surface area contributed by atoms with Gasteiger partial charge in [-0.1, -0.05) is 0 Å². The second kappa shape index (κ2) is 6.00. The van der Waals surface area contributed by atoms with Gasteiger partial charge >= 0.3 is 5.97 Å². The second-order valence-electron chi connectivity index (χ2n) is 4.08. The summed E-state index contributed by atoms with van der Waals surface area (Å²) in [5.74, 6) is -1.41. The number of hydrogen-bond donors (Lipinski definition) is 2. The number of carboxylic acid groups (broad SMARTS) is 1. The van der Waals surface area contributed by atoms with E-state index >= 15 is 0 Å². The molecule has 1 heterocycles. The van der Waals surface area contributed by atoms with Crippen molar-refractivity contribution in [1.29, 1.82) is 0 Å². The Morgan fingerprint density at radius 3 is 2.61 bits per heavy atom. The fraction of sp³-hybridized carbons (Fsp3) is 0.417. The Bertz CT molecular complexity index is 445. The van der Waals surface area contributed by atoms with E-state index in [1.54, 1.807) is 13.0 Å². The summed E-state index contributed by atoms with van der Waals surface area (Å²) in [6.07, 6.45) is 0.574. The third-order valence-electron chi connectivity index (χ3n) is 2.08. The molecule has 0 radical (unpaired) electrons. The lowest BCUT2D eigenvalue weighted by Gasteiger charge is -2.17. The number of carboxylic acids is 1. The molecule has 1 amide bonds. The summed E-state index contributed by atoms with van der Waals surface area (Å²) in [5, 5.41) is 11.6. The zero-order valence-electron chi connectivity index (χ0n) is 10.5. The molecule has 98 valence electrons. The number of nitrogens with zero attached hydrogens (tertiary/aromatic N) is 1. The molecule has 0 aliphatic carbocycles. The predicted molar refractivity (Wildman–Crippen MR) is 64.6 cm³/mol. The standard InChI is InChI=1S/C12H16N2O4/c1-7(2)14-11(15)8(3)18-9-5-4-6-13-10(9)12(16)17/h4-8H,1-3H3,(H,14,15)(H,16,17). The number of aromatic nitrogens is 1. The Labute approximate surface area is 105 Å². The van der Waals surface area contributed by atoms with Gasteiger partial charge < -0.3 is 15.2 Å². The highest BCUT2D eigenvalue weighted by molar-refractivity contribution is 5.88. The van der Waals surface area contributed by atoms with Crippen LogP contribution in [-0.4, -0.2) is 34.1 Å². The van der Waals surface area contributed by atoms with Crippen LogP contribution in [0.25, 0.3) is 0 Å². The maximum atomic E-state index is 11.6. The van der Waals surface area contributed by atoms with Gasteiger partial charge in [-0.15, -0.1) is 0 Å². The Morgan fingerprint density at radius 1 is 1.39 bits per heavy atom. The maximum absolute atomic E-state index is 11.6. The second-order valence-corrected chi connectivity index (χ2v) is 4.08. The first kappa shape index (κ1) is 14.0. The average molecular weight is 252 g/mol. The van der Waals surface area contributed by atoms with E-state index in [2.05, 4.69) is 10.3 Å². The van der Waals surface area contributed by atoms with Gasteiger partial charge in [0.25, 0.3) is 5.91 Å². The normalized spacial score (nSPS) is 12.0. The number of carbonyl (C=O) groups is 2. The van der Waals surface area contributed by atoms with Crippen LogP contribution in [0.5, 0.6) is 5.75 Å². The zero-order chi connectivity index (χ0) is 13.7. The zero-order valence-corrected chi connectivity index (χ0v) is 10.5. The Kier molecular flexibility index (Phi) is 4.65. The van der Waals surface area contributed by atoms with E-state index in [1.165, 1.54) is 12.3 Å². The molecule has 1 unspecified atom stereocenters. The average Bonchev–Trinajstić information content (AvgIpc) is 2.28. The number of pyridine rings is 1. The van der Waals surface area contributed by atoms with Gasteiger partial charge in [0.2, 0.25) is 0 Å². The van der Waals surface area contributed by atoms with Crippen LogP contribution in [0.15, 0.2) is 18.3 Å². The van der Waals surface area contributed by atoms with Crippen molar-refractivity contribution in [3.05, 3.63) is 24.0 Å². The molecule has 0 aromatic carbocycles. The highest BCUT2D eigenvalue weighted by Crippen LogP contribution is 2.16. The van der Waals surface area contributed by atoms with Gasteiger partial charge in [-0.05, 0) is 32.9 Å². The predicted octanol–water partition coefficient (Wildman–Crippen LogP) is 1.07. The first-order chi connectivity index (χ1) is 8.41. The molecular weight excluding hydrogens is 236 g/mol. The quantitative estimate of drug-likeness (QED) is 0.818. The topological polar surface area (TPSA) is 88.5 Å². The third kappa shape index (κ3) is 3.73. The Hall–Kier alpha value is -2.11. The van der Waals surface area contributed by atoms with Crippen molar-refractivity contribution in [2.45, 2.75) is 32.9 Å². The van der Waals surface area contributed by atoms with Crippen molar-refractivity contribution in [2.75, 3.05) is 0 Å². The van der Waals surface area contributed by atoms with Gasteiger partial charge in [-0.2, -0.15) is 0 Å². The van der Waals surface area contributed by atoms with E-state index in [0.29, 0.717) is 0 Å². The lowest BCUT2D eigenvalue weighted by Crippen LogP contribution is -2.40. The van der Waals surface area contributed by atoms with Gasteiger partial charge in [0.1, 0.15) is 0 Å². The fourth-order valence-electron chi connectivity index (χ4n) is 1.29. The molecule has 6 heteroatoms. The number of amides is 1. The highest BCUT2D eigenvalue weighted by Gasteiger charge is 2.19. The van der Waals surface area contributed by atoms with Gasteiger partial charge in [-0.3, -0.25) is 4.79 Å². The molecule has 2 N–H and O–H groups in total. The summed E-state index contributed by atoms with van der Waals surface area (Å²) in [4.78, 5) is 26.2. The van der Waals surface area contributed by atoms with Crippen molar-refractivity contribution < 1.29 is 19.4 Å². The molecule has 1 rings (SSSR count). The van der Waals surface area contributed by atoms with Crippen LogP contribution in [0.4, 0.5) is 0 Å². The summed E-state index contributed by atoms with van der Waals surface area (Å²) in [5.41, 5.74) is -0.207. The molecule has 0 spiro atoms. The molecule has 0 aliphatic heterocycles. The smallest absolute Gasteiger partial charge is 0.358 e. The van der Waals surface area contributed by atoms with Gasteiger partial charge in [0.15, 0.2) is 17.5 Å². The van der Waals surface area contributed by atoms with Crippen LogP contribution in [0, 0.1) is 0 Å². The van der Waals surface area contributed by atoms with Crippen LogP contribution >= 0.6 is 0 Å². The minimum absolute atomic E-state index is 0.00334. The molecule has 18 heavy (non-hydrogen) atoms. The number of hydrogen-bond acceptors (Lipinski definition) is 4. The monoisotopic (exact) mass is 252 g/mol. The largest absolute Gasteiger partial charge is 0.478 e. The lowest BCUT2D eigenvalue weighted by atomic mass is 10.3. The highest BCUT2D eigenvalue weighted by atomic mass is 16.5. The summed E-state index contributed by atoms with van der Waals surface area (Å²) in [6, 6.07) is 3.01. The molecule has 6 nitrogen and oxygen atoms in total. The molecule has 0 fully saturated rings. The SMILES string of the molecule is CC(C)NC(=O)C(C)Oc1cccnc1C(=O)O. The summed E-state index contributed by atoms with van der Waals surface area (Å²) >= 11 is 0. The number of rotatable bonds is 5. The first-order valence-electron chi connectivity index (χ1n) is 5.57. The third-order valence-corrected chi connectivity index (χ3v) is 2.08. The number of aromatic carboxylic acids is 1. The molecule has 1 aromatic rings. The van der Waals surface area contributed by atoms with Crippen molar-refractivity contribution in [3.8, 4) is 5.75 Å². The molecule has 1 aromatic heterocycles. The molecular formula is C12H16N2O4. The van der Waals surface area contributed by atoms with Gasteiger partial charge in [0.05, 0.1) is 0 Å². The van der Waals surface area contributed by atoms with Crippen molar-refractivity contribution in [3.63, 3.8) is 0 Å². The van der Waals surface area contributed by atoms with Crippen LogP contribution in [0.1, 0.15) is 31.3 Å². The van der Waals surface area contributed by atoms with E-state index in [1.807, 2.05) is 13.8 Å². The first-order valence-corrected chi connectivity index (χ1v) is 5.57. The van der Waals surface area contributed by atoms with Gasteiger partial charge in [-0.25, -0.2) is 9.78 Å². The van der Waals surface area contributed by atoms with Crippen LogP contribution in [0.2, 0.25) is 0 Å². The summed E-state index contributed by atoms with van der Waals surface area (Å²) in [6.45, 7) is 5.21. The molecule has 1 atom stereocenters. The van der Waals surface area contributed by atoms with Crippen molar-refractivity contribution in [2.24, 2.45) is 0 Å². The Morgan fingerprint density at radius 2 is 2.06 bits per heavy atom. The van der Waals surface area contributed by atoms with Crippen LogP contribution < -0.4 is 10.1 Å². The minimum Gasteiger partial charge on any atom is -0.478 e. The van der Waals surface area contributed by atoms with Crippen molar-refractivity contribution in [1.82, 2.24) is 10.3 Å². The Balaban J connectivity index is 2.78. The summed E-state index contributed by atoms with van der Waals surface area (Å²) < 4.78 is 5.31. The number of nitrogens with one attached hydrogen (secondary N) is 1. The fourth-order valence-corrected chi connectivity index (χ4v) is 1.29. The van der Waals surface area contributed by atoms with Crippen LogP contribution in [-0.2, 0) is 4.79 Å². The van der Waals surface area contributed by atoms with E-state index in [0.717, 1.165) is 0 Å². The van der Waals surface area contributed by atoms with E-state index in [9.17, 15) is 9.59 Å². The molecule has 0 aliphatic rings. The lowest BCUT2D eigenvalue weighted by molar-refractivity contribution is -0.127. The van der Waals surface area contributed by atoms with Gasteiger partial charge in [0, 0.05) is 12.2 Å². The van der Waals surface area contributed by atoms with Crippen molar-refractivity contribution >= 4 is 11.9 Å². The summed E-state index contributed by atoms with van der Waals surface area (Å²) in [7, 11) is 0. The van der Waals surface area contributed by atoms with E-state index < -0.39 is 12.1 Å². The molecule has 0 saturated carbocycles. The minimum atomic E-state index is -1.19. The number of carbonyl (C=O) groups excluding carboxylic acids is 1. The van der Waals surface area contributed by atoms with E-state index in [-0.39, 0.29) is 23.4 Å². The number of ether oxygens (including phenoxy) is 1. The molecule has 0 saturated heterocycles. The molecule has 0 bridgehead atoms. The van der Waals surface area contributed by atoms with E-state index in [4.69, 9.17) is 9.84 Å². The maximum Gasteiger partial charge on any atom is 0.358 e.